The number of nitrogens with one attached hydrogen (secondary N) is 1. The third-order valence-corrected chi connectivity index (χ3v) is 2.83. The fourth-order valence-electron chi connectivity index (χ4n) is 1.15. The number of Topliss-reactive ketones (excluding diaryl/α,β-unsaturated/α-hetero) is 1. The van der Waals surface area contributed by atoms with Gasteiger partial charge in [0.1, 0.15) is 10.5 Å². The average molecular weight is 286 g/mol. The lowest BCUT2D eigenvalue weighted by Gasteiger charge is -2.18. The number of carboxylic acids is 1. The van der Waals surface area contributed by atoms with Gasteiger partial charge in [-0.3, -0.25) is 10.1 Å². The van der Waals surface area contributed by atoms with Gasteiger partial charge >= 0.3 is 12.1 Å². The molecule has 0 spiro atoms. The summed E-state index contributed by atoms with van der Waals surface area (Å²) in [6.45, 7) is 6.31. The molecule has 0 saturated carbocycles. The van der Waals surface area contributed by atoms with Crippen molar-refractivity contribution in [1.29, 1.82) is 0 Å². The van der Waals surface area contributed by atoms with E-state index in [2.05, 4.69) is 10.3 Å². The van der Waals surface area contributed by atoms with E-state index in [0.29, 0.717) is 0 Å². The van der Waals surface area contributed by atoms with Crippen molar-refractivity contribution in [3.63, 3.8) is 0 Å². The third kappa shape index (κ3) is 4.32. The van der Waals surface area contributed by atoms with Crippen LogP contribution in [0.2, 0.25) is 0 Å². The molecule has 0 bridgehead atoms. The second kappa shape index (κ2) is 5.35. The number of hydrogen-bond acceptors (Lipinski definition) is 6. The zero-order chi connectivity index (χ0) is 14.8. The molecule has 104 valence electrons. The Bertz CT molecular complexity index is 498. The number of rotatable bonds is 3. The van der Waals surface area contributed by atoms with Crippen LogP contribution in [0.15, 0.2) is 0 Å². The third-order valence-electron chi connectivity index (χ3n) is 1.76. The maximum Gasteiger partial charge on any atom is 0.413 e. The molecule has 19 heavy (non-hydrogen) atoms. The van der Waals surface area contributed by atoms with Crippen molar-refractivity contribution in [2.45, 2.75) is 33.3 Å². The van der Waals surface area contributed by atoms with Crippen LogP contribution in [0.4, 0.5) is 9.93 Å². The maximum absolute atomic E-state index is 11.5. The first-order valence-electron chi connectivity index (χ1n) is 5.35. The van der Waals surface area contributed by atoms with Gasteiger partial charge in [0.25, 0.3) is 0 Å². The second-order valence-corrected chi connectivity index (χ2v) is 5.68. The van der Waals surface area contributed by atoms with E-state index in [1.54, 1.807) is 20.8 Å². The van der Waals surface area contributed by atoms with Crippen LogP contribution in [0, 0.1) is 0 Å². The Balaban J connectivity index is 2.92. The van der Waals surface area contributed by atoms with Crippen molar-refractivity contribution in [3.05, 3.63) is 10.6 Å². The molecule has 7 nitrogen and oxygen atoms in total. The van der Waals surface area contributed by atoms with Crippen molar-refractivity contribution >= 4 is 34.3 Å². The van der Waals surface area contributed by atoms with Gasteiger partial charge in [-0.25, -0.2) is 14.6 Å². The number of carbonyl (C=O) groups is 3. The summed E-state index contributed by atoms with van der Waals surface area (Å²) in [5, 5.41) is 11.2. The van der Waals surface area contributed by atoms with E-state index >= 15 is 0 Å². The molecule has 0 unspecified atom stereocenters. The van der Waals surface area contributed by atoms with Crippen molar-refractivity contribution < 1.29 is 24.2 Å². The van der Waals surface area contributed by atoms with Crippen LogP contribution in [0.3, 0.4) is 0 Å². The number of carboxylic acid groups (broad SMARTS) is 1. The molecule has 0 atom stereocenters. The standard InChI is InChI=1S/C11H14N2O5S/c1-5(14)7-6(8(15)16)12-9(19-7)13-10(17)18-11(2,3)4/h1-4H3,(H,15,16)(H,12,13,17). The predicted octanol–water partition coefficient (Wildman–Crippen LogP) is 2.39. The lowest BCUT2D eigenvalue weighted by Crippen LogP contribution is -2.27. The van der Waals surface area contributed by atoms with Crippen LogP contribution < -0.4 is 5.32 Å². The number of ketones is 1. The van der Waals surface area contributed by atoms with Gasteiger partial charge in [-0.2, -0.15) is 0 Å². The van der Waals surface area contributed by atoms with Crippen LogP contribution in [0.25, 0.3) is 0 Å². The molecular formula is C11H14N2O5S. The number of hydrogen-bond donors (Lipinski definition) is 2. The normalized spacial score (nSPS) is 10.9. The number of thiazole rings is 1. The number of ether oxygens (including phenoxy) is 1. The number of amides is 1. The highest BCUT2D eigenvalue weighted by Crippen LogP contribution is 2.24. The molecule has 0 aliphatic rings. The van der Waals surface area contributed by atoms with Crippen LogP contribution in [-0.2, 0) is 4.74 Å². The van der Waals surface area contributed by atoms with Crippen LogP contribution in [-0.4, -0.2) is 33.5 Å². The molecule has 1 aromatic heterocycles. The molecule has 1 rings (SSSR count). The van der Waals surface area contributed by atoms with E-state index in [9.17, 15) is 14.4 Å². The van der Waals surface area contributed by atoms with Crippen molar-refractivity contribution in [2.75, 3.05) is 5.32 Å². The monoisotopic (exact) mass is 286 g/mol. The van der Waals surface area contributed by atoms with Gasteiger partial charge in [0.05, 0.1) is 0 Å². The number of anilines is 1. The van der Waals surface area contributed by atoms with Gasteiger partial charge in [0, 0.05) is 6.92 Å². The molecule has 0 fully saturated rings. The molecule has 2 N–H and O–H groups in total. The second-order valence-electron chi connectivity index (χ2n) is 4.68. The van der Waals surface area contributed by atoms with E-state index in [1.165, 1.54) is 6.92 Å². The van der Waals surface area contributed by atoms with E-state index in [1.807, 2.05) is 0 Å². The van der Waals surface area contributed by atoms with Gasteiger partial charge in [0.15, 0.2) is 16.6 Å². The molecular weight excluding hydrogens is 272 g/mol. The number of aromatic carboxylic acids is 1. The van der Waals surface area contributed by atoms with Gasteiger partial charge in [-0.15, -0.1) is 0 Å². The Hall–Kier alpha value is -1.96. The van der Waals surface area contributed by atoms with E-state index in [-0.39, 0.29) is 15.7 Å². The number of carbonyl (C=O) groups excluding carboxylic acids is 2. The number of aromatic nitrogens is 1. The summed E-state index contributed by atoms with van der Waals surface area (Å²) in [4.78, 5) is 37.3. The minimum atomic E-state index is -1.32. The Labute approximate surface area is 113 Å². The average Bonchev–Trinajstić information content (AvgIpc) is 2.58. The SMILES string of the molecule is CC(=O)c1sc(NC(=O)OC(C)(C)C)nc1C(=O)O. The lowest BCUT2D eigenvalue weighted by molar-refractivity contribution is 0.0632. The fraction of sp³-hybridized carbons (Fsp3) is 0.455. The highest BCUT2D eigenvalue weighted by atomic mass is 32.1. The van der Waals surface area contributed by atoms with E-state index in [4.69, 9.17) is 9.84 Å². The molecule has 8 heteroatoms. The first kappa shape index (κ1) is 15.1. The molecule has 1 aromatic rings. The summed E-state index contributed by atoms with van der Waals surface area (Å²) in [6.07, 6.45) is -0.756. The van der Waals surface area contributed by atoms with Crippen LogP contribution >= 0.6 is 11.3 Å². The van der Waals surface area contributed by atoms with E-state index < -0.39 is 23.4 Å². The highest BCUT2D eigenvalue weighted by Gasteiger charge is 2.23. The molecule has 0 radical (unpaired) electrons. The summed E-state index contributed by atoms with van der Waals surface area (Å²) in [7, 11) is 0. The summed E-state index contributed by atoms with van der Waals surface area (Å²) >= 11 is 0.797. The maximum atomic E-state index is 11.5. The van der Waals surface area contributed by atoms with Gasteiger partial charge in [0.2, 0.25) is 0 Å². The van der Waals surface area contributed by atoms with Gasteiger partial charge in [-0.05, 0) is 20.8 Å². The minimum absolute atomic E-state index is 0.0110. The van der Waals surface area contributed by atoms with Crippen LogP contribution in [0.1, 0.15) is 47.9 Å². The largest absolute Gasteiger partial charge is 0.476 e. The fourth-order valence-corrected chi connectivity index (χ4v) is 1.99. The number of nitrogens with zero attached hydrogens (tertiary/aromatic N) is 1. The van der Waals surface area contributed by atoms with Crippen LogP contribution in [0.5, 0.6) is 0 Å². The van der Waals surface area contributed by atoms with Crippen molar-refractivity contribution in [3.8, 4) is 0 Å². The lowest BCUT2D eigenvalue weighted by atomic mass is 10.2. The Morgan fingerprint density at radius 1 is 1.32 bits per heavy atom. The zero-order valence-corrected chi connectivity index (χ0v) is 11.8. The molecule has 0 saturated heterocycles. The van der Waals surface area contributed by atoms with E-state index in [0.717, 1.165) is 11.3 Å². The molecule has 1 amide bonds. The molecule has 0 aromatic carbocycles. The quantitative estimate of drug-likeness (QED) is 0.826. The summed E-state index contributed by atoms with van der Waals surface area (Å²) < 4.78 is 5.00. The topological polar surface area (TPSA) is 106 Å². The summed E-state index contributed by atoms with van der Waals surface area (Å²) in [5.41, 5.74) is -1.05. The van der Waals surface area contributed by atoms with Gasteiger partial charge < -0.3 is 9.84 Å². The predicted molar refractivity (Wildman–Crippen MR) is 68.9 cm³/mol. The molecule has 0 aliphatic carbocycles. The van der Waals surface area contributed by atoms with Crippen molar-refractivity contribution in [2.24, 2.45) is 0 Å². The molecule has 1 heterocycles. The minimum Gasteiger partial charge on any atom is -0.476 e. The zero-order valence-electron chi connectivity index (χ0n) is 10.9. The highest BCUT2D eigenvalue weighted by molar-refractivity contribution is 7.18. The molecule has 0 aliphatic heterocycles. The smallest absolute Gasteiger partial charge is 0.413 e. The van der Waals surface area contributed by atoms with Crippen molar-refractivity contribution in [1.82, 2.24) is 4.98 Å². The Morgan fingerprint density at radius 2 is 1.89 bits per heavy atom. The first-order chi connectivity index (χ1) is 8.60. The Kier molecular flexibility index (Phi) is 4.25. The summed E-state index contributed by atoms with van der Waals surface area (Å²) in [6, 6.07) is 0. The first-order valence-corrected chi connectivity index (χ1v) is 6.17. The summed E-state index contributed by atoms with van der Waals surface area (Å²) in [5.74, 6) is -1.74. The Morgan fingerprint density at radius 3 is 2.26 bits per heavy atom. The van der Waals surface area contributed by atoms with Gasteiger partial charge in [-0.1, -0.05) is 11.3 Å².